The first-order valence-corrected chi connectivity index (χ1v) is 9.04. The zero-order valence-corrected chi connectivity index (χ0v) is 18.4. The van der Waals surface area contributed by atoms with Crippen LogP contribution in [0.1, 0.15) is 32.0 Å². The third kappa shape index (κ3) is 8.49. The number of nitrogens with one attached hydrogen (secondary N) is 2. The summed E-state index contributed by atoms with van der Waals surface area (Å²) in [4.78, 5) is 14.0. The first-order chi connectivity index (χ1) is 12.9. The molecule has 0 atom stereocenters. The Kier molecular flexibility index (Phi) is 10.3. The molecule has 0 amide bonds. The molecule has 1 heterocycles. The zero-order chi connectivity index (χ0) is 19.7. The quantitative estimate of drug-likeness (QED) is 0.232. The molecule has 1 aromatic carbocycles. The molecular formula is C19H27F3IN5. The number of H-pyrrole nitrogens is 1. The number of hydrogen-bond acceptors (Lipinski definition) is 2. The van der Waals surface area contributed by atoms with E-state index in [-0.39, 0.29) is 30.4 Å². The molecule has 28 heavy (non-hydrogen) atoms. The normalized spacial score (nSPS) is 11.8. The minimum atomic E-state index is -4.10. The van der Waals surface area contributed by atoms with Crippen LogP contribution in [0.3, 0.4) is 0 Å². The van der Waals surface area contributed by atoms with E-state index in [2.05, 4.69) is 20.3 Å². The van der Waals surface area contributed by atoms with Crippen LogP contribution in [-0.4, -0.2) is 47.1 Å². The highest BCUT2D eigenvalue weighted by molar-refractivity contribution is 14.0. The summed E-state index contributed by atoms with van der Waals surface area (Å²) in [6.07, 6.45) is -2.57. The van der Waals surface area contributed by atoms with Crippen LogP contribution in [-0.2, 0) is 6.54 Å². The van der Waals surface area contributed by atoms with Crippen molar-refractivity contribution in [3.63, 3.8) is 0 Å². The molecule has 9 heteroatoms. The Morgan fingerprint density at radius 1 is 1.21 bits per heavy atom. The van der Waals surface area contributed by atoms with Crippen LogP contribution < -0.4 is 5.32 Å². The van der Waals surface area contributed by atoms with Crippen molar-refractivity contribution in [3.8, 4) is 11.3 Å². The molecule has 0 fully saturated rings. The summed E-state index contributed by atoms with van der Waals surface area (Å²) in [5.74, 6) is 1.45. The Morgan fingerprint density at radius 3 is 2.57 bits per heavy atom. The Morgan fingerprint density at radius 2 is 1.93 bits per heavy atom. The molecule has 2 rings (SSSR count). The molecule has 2 aromatic rings. The van der Waals surface area contributed by atoms with Gasteiger partial charge in [0.25, 0.3) is 0 Å². The van der Waals surface area contributed by atoms with E-state index in [0.29, 0.717) is 32.0 Å². The summed E-state index contributed by atoms with van der Waals surface area (Å²) in [5.41, 5.74) is 2.00. The van der Waals surface area contributed by atoms with Crippen molar-refractivity contribution >= 4 is 29.9 Å². The summed E-state index contributed by atoms with van der Waals surface area (Å²) < 4.78 is 36.6. The highest BCUT2D eigenvalue weighted by atomic mass is 127. The number of rotatable bonds is 8. The van der Waals surface area contributed by atoms with Gasteiger partial charge < -0.3 is 15.2 Å². The van der Waals surface area contributed by atoms with Gasteiger partial charge in [-0.25, -0.2) is 4.98 Å². The number of imidazole rings is 1. The van der Waals surface area contributed by atoms with Crippen molar-refractivity contribution in [1.82, 2.24) is 20.2 Å². The van der Waals surface area contributed by atoms with Crippen molar-refractivity contribution in [3.05, 3.63) is 42.4 Å². The monoisotopic (exact) mass is 509 g/mol. The Hall–Kier alpha value is -1.78. The maximum absolute atomic E-state index is 12.2. The van der Waals surface area contributed by atoms with E-state index in [4.69, 9.17) is 0 Å². The van der Waals surface area contributed by atoms with E-state index in [1.54, 1.807) is 6.20 Å². The van der Waals surface area contributed by atoms with Gasteiger partial charge in [-0.2, -0.15) is 13.2 Å². The predicted octanol–water partition coefficient (Wildman–Crippen LogP) is 4.82. The maximum atomic E-state index is 12.2. The average molecular weight is 509 g/mol. The van der Waals surface area contributed by atoms with Crippen LogP contribution in [0, 0.1) is 0 Å². The van der Waals surface area contributed by atoms with Gasteiger partial charge in [-0.05, 0) is 25.3 Å². The number of guanidine groups is 1. The first kappa shape index (κ1) is 24.3. The lowest BCUT2D eigenvalue weighted by molar-refractivity contribution is -0.135. The highest BCUT2D eigenvalue weighted by Gasteiger charge is 2.25. The Bertz CT molecular complexity index is 716. The number of unbranched alkanes of at least 4 members (excludes halogenated alkanes) is 1. The van der Waals surface area contributed by atoms with Crippen molar-refractivity contribution in [2.45, 2.75) is 38.9 Å². The molecule has 0 saturated heterocycles. The van der Waals surface area contributed by atoms with E-state index in [9.17, 15) is 13.2 Å². The fourth-order valence-electron chi connectivity index (χ4n) is 2.60. The van der Waals surface area contributed by atoms with Crippen molar-refractivity contribution in [2.75, 3.05) is 20.1 Å². The van der Waals surface area contributed by atoms with Gasteiger partial charge >= 0.3 is 6.18 Å². The van der Waals surface area contributed by atoms with E-state index >= 15 is 0 Å². The van der Waals surface area contributed by atoms with Gasteiger partial charge in [0.05, 0.1) is 18.4 Å². The van der Waals surface area contributed by atoms with E-state index in [1.165, 1.54) is 0 Å². The fourth-order valence-corrected chi connectivity index (χ4v) is 2.60. The lowest BCUT2D eigenvalue weighted by Gasteiger charge is -2.21. The minimum Gasteiger partial charge on any atom is -0.357 e. The van der Waals surface area contributed by atoms with Crippen LogP contribution in [0.25, 0.3) is 11.3 Å². The van der Waals surface area contributed by atoms with Crippen LogP contribution in [0.5, 0.6) is 0 Å². The molecule has 0 saturated carbocycles. The molecule has 156 valence electrons. The van der Waals surface area contributed by atoms with Gasteiger partial charge in [-0.15, -0.1) is 24.0 Å². The molecule has 0 spiro atoms. The Labute approximate surface area is 180 Å². The lowest BCUT2D eigenvalue weighted by atomic mass is 10.2. The summed E-state index contributed by atoms with van der Waals surface area (Å²) in [6.45, 7) is 3.50. The summed E-state index contributed by atoms with van der Waals surface area (Å²) >= 11 is 0. The van der Waals surface area contributed by atoms with Crippen molar-refractivity contribution < 1.29 is 13.2 Å². The van der Waals surface area contributed by atoms with Crippen LogP contribution in [0.15, 0.2) is 41.5 Å². The second-order valence-corrected chi connectivity index (χ2v) is 6.27. The molecule has 0 aliphatic rings. The first-order valence-electron chi connectivity index (χ1n) is 9.04. The smallest absolute Gasteiger partial charge is 0.357 e. The van der Waals surface area contributed by atoms with Gasteiger partial charge in [-0.3, -0.25) is 4.99 Å². The second kappa shape index (κ2) is 11.9. The van der Waals surface area contributed by atoms with Crippen molar-refractivity contribution in [1.29, 1.82) is 0 Å². The van der Waals surface area contributed by atoms with Crippen LogP contribution in [0.4, 0.5) is 13.2 Å². The molecule has 0 unspecified atom stereocenters. The fraction of sp³-hybridized carbons (Fsp3) is 0.474. The molecule has 0 aliphatic heterocycles. The zero-order valence-electron chi connectivity index (χ0n) is 16.1. The standard InChI is InChI=1S/C19H26F3N5.HI/c1-3-23-18(24-12-8-7-11-19(20,21)22)27(2)14-17-25-13-16(26-17)15-9-5-4-6-10-15;/h4-6,9-10,13H,3,7-8,11-12,14H2,1-2H3,(H,23,24)(H,25,26);1H. The highest BCUT2D eigenvalue weighted by Crippen LogP contribution is 2.22. The SMILES string of the molecule is CCNC(=NCCCCC(F)(F)F)N(C)Cc1ncc(-c2ccccc2)[nH]1.I. The van der Waals surface area contributed by atoms with E-state index in [1.807, 2.05) is 49.2 Å². The summed E-state index contributed by atoms with van der Waals surface area (Å²) in [5, 5.41) is 3.16. The van der Waals surface area contributed by atoms with Gasteiger partial charge in [0, 0.05) is 26.6 Å². The number of aliphatic imine (C=N–C) groups is 1. The van der Waals surface area contributed by atoms with Gasteiger partial charge in [0.1, 0.15) is 5.82 Å². The number of halogens is 4. The van der Waals surface area contributed by atoms with Gasteiger partial charge in [-0.1, -0.05) is 30.3 Å². The minimum absolute atomic E-state index is 0. The second-order valence-electron chi connectivity index (χ2n) is 6.27. The lowest BCUT2D eigenvalue weighted by Crippen LogP contribution is -2.38. The Balaban J connectivity index is 0.00000392. The molecule has 0 radical (unpaired) electrons. The molecule has 0 bridgehead atoms. The van der Waals surface area contributed by atoms with E-state index in [0.717, 1.165) is 17.1 Å². The maximum Gasteiger partial charge on any atom is 0.389 e. The number of aromatic nitrogens is 2. The average Bonchev–Trinajstić information content (AvgIpc) is 3.09. The number of nitrogens with zero attached hydrogens (tertiary/aromatic N) is 3. The van der Waals surface area contributed by atoms with Crippen molar-refractivity contribution in [2.24, 2.45) is 4.99 Å². The summed E-state index contributed by atoms with van der Waals surface area (Å²) in [6, 6.07) is 9.91. The van der Waals surface area contributed by atoms with Crippen LogP contribution >= 0.6 is 24.0 Å². The van der Waals surface area contributed by atoms with E-state index < -0.39 is 12.6 Å². The third-order valence-corrected chi connectivity index (χ3v) is 3.93. The molecular weight excluding hydrogens is 482 g/mol. The number of alkyl halides is 3. The third-order valence-electron chi connectivity index (χ3n) is 3.93. The molecule has 5 nitrogen and oxygen atoms in total. The number of benzene rings is 1. The molecule has 1 aromatic heterocycles. The largest absolute Gasteiger partial charge is 0.389 e. The van der Waals surface area contributed by atoms with Gasteiger partial charge in [0.15, 0.2) is 5.96 Å². The summed E-state index contributed by atoms with van der Waals surface area (Å²) in [7, 11) is 1.88. The molecule has 2 N–H and O–H groups in total. The van der Waals surface area contributed by atoms with Gasteiger partial charge in [0.2, 0.25) is 0 Å². The molecule has 0 aliphatic carbocycles. The topological polar surface area (TPSA) is 56.3 Å². The number of aromatic amines is 1. The number of hydrogen-bond donors (Lipinski definition) is 2. The van der Waals surface area contributed by atoms with Crippen LogP contribution in [0.2, 0.25) is 0 Å². The predicted molar refractivity (Wildman–Crippen MR) is 117 cm³/mol.